The Bertz CT molecular complexity index is 874. The lowest BCUT2D eigenvalue weighted by molar-refractivity contribution is -0.149. The SMILES string of the molecule is CNC(=O)[C@H](Cc1ccccc1)NC(=O)CNC(=O)[C@H](C)NC(=O)CC(CC(=O)O)C(=O)O. The quantitative estimate of drug-likeness (QED) is 0.206. The number of carboxylic acids is 2. The lowest BCUT2D eigenvalue weighted by Gasteiger charge is -2.19. The van der Waals surface area contributed by atoms with Crippen molar-refractivity contribution in [3.8, 4) is 0 Å². The summed E-state index contributed by atoms with van der Waals surface area (Å²) in [4.78, 5) is 70.1. The molecule has 0 spiro atoms. The van der Waals surface area contributed by atoms with Gasteiger partial charge in [0.05, 0.1) is 18.9 Å². The van der Waals surface area contributed by atoms with Gasteiger partial charge in [-0.05, 0) is 12.5 Å². The van der Waals surface area contributed by atoms with Gasteiger partial charge in [0.25, 0.3) is 0 Å². The van der Waals surface area contributed by atoms with Gasteiger partial charge in [0.15, 0.2) is 0 Å². The highest BCUT2D eigenvalue weighted by Gasteiger charge is 2.26. The van der Waals surface area contributed by atoms with Crippen LogP contribution in [0.15, 0.2) is 30.3 Å². The van der Waals surface area contributed by atoms with Gasteiger partial charge in [0, 0.05) is 19.9 Å². The number of carbonyl (C=O) groups excluding carboxylic acids is 4. The normalized spacial score (nSPS) is 13.0. The van der Waals surface area contributed by atoms with Crippen LogP contribution in [0.5, 0.6) is 0 Å². The molecule has 33 heavy (non-hydrogen) atoms. The topological polar surface area (TPSA) is 191 Å². The number of carboxylic acid groups (broad SMARTS) is 2. The molecule has 6 N–H and O–H groups in total. The van der Waals surface area contributed by atoms with Gasteiger partial charge in [0.1, 0.15) is 12.1 Å². The van der Waals surface area contributed by atoms with Crippen molar-refractivity contribution in [2.24, 2.45) is 5.92 Å². The number of amides is 4. The average molecular weight is 464 g/mol. The zero-order valence-electron chi connectivity index (χ0n) is 18.3. The molecule has 1 aromatic rings. The third kappa shape index (κ3) is 10.3. The maximum atomic E-state index is 12.2. The summed E-state index contributed by atoms with van der Waals surface area (Å²) in [7, 11) is 1.43. The zero-order valence-corrected chi connectivity index (χ0v) is 18.3. The van der Waals surface area contributed by atoms with Crippen molar-refractivity contribution in [1.29, 1.82) is 0 Å². The van der Waals surface area contributed by atoms with E-state index in [9.17, 15) is 28.8 Å². The predicted molar refractivity (Wildman–Crippen MR) is 115 cm³/mol. The molecule has 1 unspecified atom stereocenters. The summed E-state index contributed by atoms with van der Waals surface area (Å²) in [6.45, 7) is 0.860. The van der Waals surface area contributed by atoms with E-state index in [2.05, 4.69) is 21.3 Å². The first-order valence-corrected chi connectivity index (χ1v) is 10.1. The second-order valence-corrected chi connectivity index (χ2v) is 7.27. The van der Waals surface area contributed by atoms with Crippen LogP contribution in [0.25, 0.3) is 0 Å². The third-order valence-corrected chi connectivity index (χ3v) is 4.58. The second-order valence-electron chi connectivity index (χ2n) is 7.27. The molecule has 0 saturated carbocycles. The van der Waals surface area contributed by atoms with E-state index in [0.29, 0.717) is 0 Å². The maximum absolute atomic E-state index is 12.2. The van der Waals surface area contributed by atoms with Crippen LogP contribution < -0.4 is 21.3 Å². The van der Waals surface area contributed by atoms with E-state index in [1.807, 2.05) is 6.07 Å². The Hall–Kier alpha value is -3.96. The Morgan fingerprint density at radius 3 is 2.06 bits per heavy atom. The number of benzene rings is 1. The van der Waals surface area contributed by atoms with Crippen LogP contribution >= 0.6 is 0 Å². The molecule has 12 nitrogen and oxygen atoms in total. The van der Waals surface area contributed by atoms with E-state index < -0.39 is 73.0 Å². The third-order valence-electron chi connectivity index (χ3n) is 4.58. The first-order chi connectivity index (χ1) is 15.5. The molecule has 180 valence electrons. The lowest BCUT2D eigenvalue weighted by atomic mass is 10.0. The first-order valence-electron chi connectivity index (χ1n) is 10.1. The molecule has 0 fully saturated rings. The van der Waals surface area contributed by atoms with E-state index >= 15 is 0 Å². The van der Waals surface area contributed by atoms with Gasteiger partial charge in [-0.3, -0.25) is 28.8 Å². The molecule has 0 aliphatic rings. The summed E-state index contributed by atoms with van der Waals surface area (Å²) in [6.07, 6.45) is -1.11. The molecule has 0 aliphatic carbocycles. The van der Waals surface area contributed by atoms with Gasteiger partial charge in [-0.1, -0.05) is 30.3 Å². The molecular formula is C21H28N4O8. The van der Waals surface area contributed by atoms with E-state index in [1.54, 1.807) is 24.3 Å². The van der Waals surface area contributed by atoms with Crippen LogP contribution in [0.3, 0.4) is 0 Å². The van der Waals surface area contributed by atoms with E-state index in [1.165, 1.54) is 14.0 Å². The fourth-order valence-corrected chi connectivity index (χ4v) is 2.85. The van der Waals surface area contributed by atoms with Gasteiger partial charge in [0.2, 0.25) is 23.6 Å². The van der Waals surface area contributed by atoms with Crippen LogP contribution in [0, 0.1) is 5.92 Å². The largest absolute Gasteiger partial charge is 0.481 e. The van der Waals surface area contributed by atoms with Crippen molar-refractivity contribution < 1.29 is 39.0 Å². The lowest BCUT2D eigenvalue weighted by Crippen LogP contribution is -2.52. The first kappa shape index (κ1) is 27.1. The Labute approximate surface area is 190 Å². The fourth-order valence-electron chi connectivity index (χ4n) is 2.85. The molecule has 0 aromatic heterocycles. The standard InChI is InChI=1S/C21H28N4O8/c1-12(24-16(26)9-14(21(32)33)10-18(28)29)19(30)23-11-17(27)25-15(20(31)22-2)8-13-6-4-3-5-7-13/h3-7,12,14-15H,8-11H2,1-2H3,(H,22,31)(H,23,30)(H,24,26)(H,25,27)(H,28,29)(H,32,33)/t12-,14?,15-/m0/s1. The highest BCUT2D eigenvalue weighted by Crippen LogP contribution is 2.09. The minimum absolute atomic E-state index is 0.244. The van der Waals surface area contributed by atoms with Crippen molar-refractivity contribution in [1.82, 2.24) is 21.3 Å². The number of hydrogen-bond donors (Lipinski definition) is 6. The number of nitrogens with one attached hydrogen (secondary N) is 4. The summed E-state index contributed by atoms with van der Waals surface area (Å²) in [5, 5.41) is 27.3. The molecule has 4 amide bonds. The Morgan fingerprint density at radius 2 is 1.52 bits per heavy atom. The molecule has 3 atom stereocenters. The Morgan fingerprint density at radius 1 is 0.879 bits per heavy atom. The molecule has 0 radical (unpaired) electrons. The highest BCUT2D eigenvalue weighted by atomic mass is 16.4. The predicted octanol–water partition coefficient (Wildman–Crippen LogP) is -1.35. The number of hydrogen-bond acceptors (Lipinski definition) is 6. The summed E-state index contributed by atoms with van der Waals surface area (Å²) in [5.74, 6) is -6.82. The fraction of sp³-hybridized carbons (Fsp3) is 0.429. The van der Waals surface area contributed by atoms with E-state index in [0.717, 1.165) is 5.56 Å². The number of likely N-dealkylation sites (N-methyl/N-ethyl adjacent to an activating group) is 1. The van der Waals surface area contributed by atoms with Crippen LogP contribution in [0.1, 0.15) is 25.3 Å². The van der Waals surface area contributed by atoms with Crippen LogP contribution in [0.2, 0.25) is 0 Å². The number of aliphatic carboxylic acids is 2. The van der Waals surface area contributed by atoms with Gasteiger partial charge in [-0.25, -0.2) is 0 Å². The van der Waals surface area contributed by atoms with Crippen molar-refractivity contribution in [2.75, 3.05) is 13.6 Å². The molecule has 0 saturated heterocycles. The Balaban J connectivity index is 2.55. The minimum atomic E-state index is -1.44. The average Bonchev–Trinajstić information content (AvgIpc) is 2.76. The van der Waals surface area contributed by atoms with E-state index in [4.69, 9.17) is 10.2 Å². The molecule has 1 rings (SSSR count). The van der Waals surface area contributed by atoms with Gasteiger partial charge in [-0.15, -0.1) is 0 Å². The van der Waals surface area contributed by atoms with Gasteiger partial charge < -0.3 is 31.5 Å². The van der Waals surface area contributed by atoms with E-state index in [-0.39, 0.29) is 6.42 Å². The molecule has 0 heterocycles. The molecule has 12 heteroatoms. The van der Waals surface area contributed by atoms with Gasteiger partial charge in [-0.2, -0.15) is 0 Å². The molecule has 0 bridgehead atoms. The number of carbonyl (C=O) groups is 6. The van der Waals surface area contributed by atoms with Crippen LogP contribution in [-0.4, -0.2) is 71.5 Å². The van der Waals surface area contributed by atoms with Gasteiger partial charge >= 0.3 is 11.9 Å². The number of rotatable bonds is 13. The summed E-state index contributed by atoms with van der Waals surface area (Å²) in [5.41, 5.74) is 0.828. The van der Waals surface area contributed by atoms with Crippen molar-refractivity contribution in [3.63, 3.8) is 0 Å². The smallest absolute Gasteiger partial charge is 0.307 e. The summed E-state index contributed by atoms with van der Waals surface area (Å²) < 4.78 is 0. The van der Waals surface area contributed by atoms with Crippen molar-refractivity contribution in [3.05, 3.63) is 35.9 Å². The molecular weight excluding hydrogens is 436 g/mol. The monoisotopic (exact) mass is 464 g/mol. The van der Waals surface area contributed by atoms with Crippen molar-refractivity contribution >= 4 is 35.6 Å². The molecule has 1 aromatic carbocycles. The van der Waals surface area contributed by atoms with Crippen molar-refractivity contribution in [2.45, 2.75) is 38.3 Å². The summed E-state index contributed by atoms with van der Waals surface area (Å²) in [6, 6.07) is 7.06. The maximum Gasteiger partial charge on any atom is 0.307 e. The van der Waals surface area contributed by atoms with Crippen LogP contribution in [0.4, 0.5) is 0 Å². The zero-order chi connectivity index (χ0) is 25.0. The Kier molecular flexibility index (Phi) is 11.0. The second kappa shape index (κ2) is 13.5. The summed E-state index contributed by atoms with van der Waals surface area (Å²) >= 11 is 0. The van der Waals surface area contributed by atoms with Crippen LogP contribution in [-0.2, 0) is 35.2 Å². The molecule has 0 aliphatic heterocycles. The minimum Gasteiger partial charge on any atom is -0.481 e. The highest BCUT2D eigenvalue weighted by molar-refractivity contribution is 5.93.